The molecule has 1 unspecified atom stereocenters. The number of hydrogen-bond donors (Lipinski definition) is 2. The molecular formula is C23H26FN3O4S. The van der Waals surface area contributed by atoms with E-state index in [0.29, 0.717) is 18.5 Å². The zero-order valence-electron chi connectivity index (χ0n) is 17.6. The number of rotatable bonds is 6. The summed E-state index contributed by atoms with van der Waals surface area (Å²) in [4.78, 5) is 27.3. The van der Waals surface area contributed by atoms with Crippen molar-refractivity contribution in [2.45, 2.75) is 55.5 Å². The molecule has 0 spiro atoms. The van der Waals surface area contributed by atoms with Crippen LogP contribution in [0.3, 0.4) is 0 Å². The van der Waals surface area contributed by atoms with Crippen LogP contribution >= 0.6 is 0 Å². The van der Waals surface area contributed by atoms with E-state index in [1.165, 1.54) is 36.4 Å². The number of nitrogens with zero attached hydrogens (tertiary/aromatic N) is 1. The number of halogens is 1. The molecule has 2 amide bonds. The van der Waals surface area contributed by atoms with Gasteiger partial charge in [0.2, 0.25) is 5.91 Å². The summed E-state index contributed by atoms with van der Waals surface area (Å²) >= 11 is 0. The fourth-order valence-electron chi connectivity index (χ4n) is 4.32. The van der Waals surface area contributed by atoms with Crippen LogP contribution in [-0.2, 0) is 14.8 Å². The Kier molecular flexibility index (Phi) is 6.45. The second-order valence-corrected chi connectivity index (χ2v) is 9.97. The normalized spacial score (nSPS) is 19.2. The first-order valence-electron chi connectivity index (χ1n) is 10.8. The standard InChI is InChI=1S/C23H26FN3O4S/c24-17-9-13-20(14-10-17)32(30,31)26-19-11-7-16(8-12-19)23(29)27-15-3-6-21(27)22(28)25-18-4-1-2-5-18/h7-14,18,21,26H,1-6,15H2,(H,25,28). The third kappa shape index (κ3) is 4.93. The molecule has 170 valence electrons. The molecule has 1 atom stereocenters. The molecule has 32 heavy (non-hydrogen) atoms. The van der Waals surface area contributed by atoms with Gasteiger partial charge in [0.05, 0.1) is 4.90 Å². The zero-order valence-corrected chi connectivity index (χ0v) is 18.4. The number of hydrogen-bond acceptors (Lipinski definition) is 4. The van der Waals surface area contributed by atoms with E-state index in [1.807, 2.05) is 0 Å². The molecule has 2 N–H and O–H groups in total. The van der Waals surface area contributed by atoms with Crippen molar-refractivity contribution in [3.05, 3.63) is 59.9 Å². The Morgan fingerprint density at radius 1 is 0.906 bits per heavy atom. The lowest BCUT2D eigenvalue weighted by Crippen LogP contribution is -2.48. The molecule has 1 saturated carbocycles. The van der Waals surface area contributed by atoms with Gasteiger partial charge in [-0.05, 0) is 74.2 Å². The summed E-state index contributed by atoms with van der Waals surface area (Å²) in [6.45, 7) is 0.514. The number of carbonyl (C=O) groups is 2. The van der Waals surface area contributed by atoms with E-state index in [2.05, 4.69) is 10.0 Å². The molecule has 2 fully saturated rings. The Morgan fingerprint density at radius 3 is 2.22 bits per heavy atom. The summed E-state index contributed by atoms with van der Waals surface area (Å²) in [7, 11) is -3.88. The molecule has 0 aromatic heterocycles. The summed E-state index contributed by atoms with van der Waals surface area (Å²) in [6.07, 6.45) is 5.62. The summed E-state index contributed by atoms with van der Waals surface area (Å²) in [5.74, 6) is -0.864. The number of likely N-dealkylation sites (tertiary alicyclic amines) is 1. The molecule has 2 aliphatic rings. The lowest BCUT2D eigenvalue weighted by atomic mass is 10.1. The van der Waals surface area contributed by atoms with Crippen LogP contribution in [-0.4, -0.2) is 43.8 Å². The van der Waals surface area contributed by atoms with Gasteiger partial charge in [-0.1, -0.05) is 12.8 Å². The van der Waals surface area contributed by atoms with Crippen LogP contribution in [0, 0.1) is 5.82 Å². The van der Waals surface area contributed by atoms with Crippen molar-refractivity contribution < 1.29 is 22.4 Å². The van der Waals surface area contributed by atoms with Gasteiger partial charge in [0, 0.05) is 23.8 Å². The number of amides is 2. The van der Waals surface area contributed by atoms with Crippen molar-refractivity contribution >= 4 is 27.5 Å². The first kappa shape index (κ1) is 22.3. The highest BCUT2D eigenvalue weighted by Gasteiger charge is 2.35. The second kappa shape index (κ2) is 9.28. The van der Waals surface area contributed by atoms with Crippen molar-refractivity contribution in [3.8, 4) is 0 Å². The Balaban J connectivity index is 1.42. The fraction of sp³-hybridized carbons (Fsp3) is 0.391. The van der Waals surface area contributed by atoms with Crippen molar-refractivity contribution in [2.24, 2.45) is 0 Å². The Labute approximate surface area is 187 Å². The first-order chi connectivity index (χ1) is 15.3. The van der Waals surface area contributed by atoms with E-state index in [-0.39, 0.29) is 28.4 Å². The maximum absolute atomic E-state index is 13.1. The van der Waals surface area contributed by atoms with Crippen molar-refractivity contribution in [3.63, 3.8) is 0 Å². The Hall–Kier alpha value is -2.94. The Morgan fingerprint density at radius 2 is 1.56 bits per heavy atom. The van der Waals surface area contributed by atoms with Gasteiger partial charge in [-0.2, -0.15) is 0 Å². The van der Waals surface area contributed by atoms with Gasteiger partial charge >= 0.3 is 0 Å². The highest BCUT2D eigenvalue weighted by molar-refractivity contribution is 7.92. The average molecular weight is 460 g/mol. The molecular weight excluding hydrogens is 433 g/mol. The van der Waals surface area contributed by atoms with Crippen LogP contribution < -0.4 is 10.0 Å². The zero-order chi connectivity index (χ0) is 22.7. The Bertz CT molecular complexity index is 1080. The average Bonchev–Trinajstić information content (AvgIpc) is 3.46. The third-order valence-corrected chi connectivity index (χ3v) is 7.42. The second-order valence-electron chi connectivity index (χ2n) is 8.28. The number of anilines is 1. The number of sulfonamides is 1. The first-order valence-corrected chi connectivity index (χ1v) is 12.3. The van der Waals surface area contributed by atoms with Gasteiger partial charge in [0.25, 0.3) is 15.9 Å². The lowest BCUT2D eigenvalue weighted by molar-refractivity contribution is -0.125. The summed E-state index contributed by atoms with van der Waals surface area (Å²) < 4.78 is 40.4. The van der Waals surface area contributed by atoms with E-state index in [1.54, 1.807) is 4.90 Å². The maximum Gasteiger partial charge on any atom is 0.261 e. The van der Waals surface area contributed by atoms with E-state index >= 15 is 0 Å². The van der Waals surface area contributed by atoms with Gasteiger partial charge in [-0.3, -0.25) is 14.3 Å². The van der Waals surface area contributed by atoms with Crippen molar-refractivity contribution in [2.75, 3.05) is 11.3 Å². The maximum atomic E-state index is 13.1. The topological polar surface area (TPSA) is 95.6 Å². The van der Waals surface area contributed by atoms with E-state index in [0.717, 1.165) is 44.2 Å². The molecule has 9 heteroatoms. The van der Waals surface area contributed by atoms with Crippen LogP contribution in [0.1, 0.15) is 48.9 Å². The molecule has 1 saturated heterocycles. The number of nitrogens with one attached hydrogen (secondary N) is 2. The SMILES string of the molecule is O=C(NC1CCCC1)C1CCCN1C(=O)c1ccc(NS(=O)(=O)c2ccc(F)cc2)cc1. The largest absolute Gasteiger partial charge is 0.352 e. The highest BCUT2D eigenvalue weighted by atomic mass is 32.2. The van der Waals surface area contributed by atoms with Gasteiger partial charge < -0.3 is 10.2 Å². The molecule has 0 radical (unpaired) electrons. The molecule has 1 aliphatic heterocycles. The summed E-state index contributed by atoms with van der Waals surface area (Å²) in [6, 6.07) is 10.3. The molecule has 4 rings (SSSR count). The fourth-order valence-corrected chi connectivity index (χ4v) is 5.38. The minimum absolute atomic E-state index is 0.0627. The molecule has 2 aromatic rings. The van der Waals surface area contributed by atoms with Crippen LogP contribution in [0.2, 0.25) is 0 Å². The van der Waals surface area contributed by atoms with Gasteiger partial charge in [0.1, 0.15) is 11.9 Å². The smallest absolute Gasteiger partial charge is 0.261 e. The predicted molar refractivity (Wildman–Crippen MR) is 118 cm³/mol. The predicted octanol–water partition coefficient (Wildman–Crippen LogP) is 3.29. The van der Waals surface area contributed by atoms with E-state index in [4.69, 9.17) is 0 Å². The van der Waals surface area contributed by atoms with Crippen molar-refractivity contribution in [1.29, 1.82) is 0 Å². The van der Waals surface area contributed by atoms with Gasteiger partial charge in [0.15, 0.2) is 0 Å². The van der Waals surface area contributed by atoms with E-state index < -0.39 is 21.9 Å². The van der Waals surface area contributed by atoms with Crippen molar-refractivity contribution in [1.82, 2.24) is 10.2 Å². The quantitative estimate of drug-likeness (QED) is 0.693. The molecule has 0 bridgehead atoms. The number of carbonyl (C=O) groups excluding carboxylic acids is 2. The molecule has 1 heterocycles. The lowest BCUT2D eigenvalue weighted by Gasteiger charge is -2.25. The van der Waals surface area contributed by atoms with Gasteiger partial charge in [-0.25, -0.2) is 12.8 Å². The monoisotopic (exact) mass is 459 g/mol. The van der Waals surface area contributed by atoms with Crippen LogP contribution in [0.15, 0.2) is 53.4 Å². The minimum atomic E-state index is -3.88. The molecule has 2 aromatic carbocycles. The van der Waals surface area contributed by atoms with Crippen LogP contribution in [0.25, 0.3) is 0 Å². The summed E-state index contributed by atoms with van der Waals surface area (Å²) in [5, 5.41) is 3.08. The minimum Gasteiger partial charge on any atom is -0.352 e. The van der Waals surface area contributed by atoms with E-state index in [9.17, 15) is 22.4 Å². The number of benzene rings is 2. The third-order valence-electron chi connectivity index (χ3n) is 6.03. The highest BCUT2D eigenvalue weighted by Crippen LogP contribution is 2.24. The molecule has 1 aliphatic carbocycles. The van der Waals surface area contributed by atoms with Gasteiger partial charge in [-0.15, -0.1) is 0 Å². The van der Waals surface area contributed by atoms with Crippen LogP contribution in [0.5, 0.6) is 0 Å². The van der Waals surface area contributed by atoms with Crippen LogP contribution in [0.4, 0.5) is 10.1 Å². The molecule has 7 nitrogen and oxygen atoms in total. The summed E-state index contributed by atoms with van der Waals surface area (Å²) in [5.41, 5.74) is 0.665.